The molecule has 1 aromatic carbocycles. The lowest BCUT2D eigenvalue weighted by molar-refractivity contribution is 0.246. The van der Waals surface area contributed by atoms with Crippen molar-refractivity contribution >= 4 is 54.8 Å². The van der Waals surface area contributed by atoms with Crippen molar-refractivity contribution in [3.63, 3.8) is 0 Å². The van der Waals surface area contributed by atoms with E-state index in [0.717, 1.165) is 69.2 Å². The van der Waals surface area contributed by atoms with Crippen LogP contribution in [0, 0.1) is 0 Å². The van der Waals surface area contributed by atoms with Gasteiger partial charge in [0.1, 0.15) is 5.82 Å². The van der Waals surface area contributed by atoms with Gasteiger partial charge in [0.05, 0.1) is 21.9 Å². The molecule has 0 radical (unpaired) electrons. The zero-order valence-electron chi connectivity index (χ0n) is 17.7. The number of hydrogen-bond acceptors (Lipinski definition) is 8. The Balaban J connectivity index is 1.31. The topological polar surface area (TPSA) is 88.5 Å². The van der Waals surface area contributed by atoms with E-state index in [1.54, 1.807) is 15.9 Å². The minimum absolute atomic E-state index is 0.552. The predicted octanol–water partition coefficient (Wildman–Crippen LogP) is 4.07. The molecule has 0 bridgehead atoms. The average Bonchev–Trinajstić information content (AvgIpc) is 3.53. The summed E-state index contributed by atoms with van der Waals surface area (Å²) in [5.74, 6) is 0.552. The SMILES string of the molecule is Nc1c(Br)c(CN2CCN(c3nccs3)CC2)nc2c(-c3cnc4ccccc4c3)cnn12. The van der Waals surface area contributed by atoms with Crippen LogP contribution in [0.3, 0.4) is 0 Å². The van der Waals surface area contributed by atoms with Gasteiger partial charge in [0.2, 0.25) is 0 Å². The van der Waals surface area contributed by atoms with Gasteiger partial charge in [0, 0.05) is 67.0 Å². The molecule has 0 unspecified atom stereocenters. The van der Waals surface area contributed by atoms with Crippen LogP contribution < -0.4 is 10.6 Å². The molecule has 1 saturated heterocycles. The van der Waals surface area contributed by atoms with Gasteiger partial charge < -0.3 is 10.6 Å². The van der Waals surface area contributed by atoms with Gasteiger partial charge in [-0.3, -0.25) is 9.88 Å². The van der Waals surface area contributed by atoms with E-state index in [2.05, 4.69) is 52.9 Å². The Kier molecular flexibility index (Phi) is 5.20. The molecule has 6 rings (SSSR count). The molecule has 0 aliphatic carbocycles. The third-order valence-corrected chi connectivity index (χ3v) is 7.72. The van der Waals surface area contributed by atoms with Crippen molar-refractivity contribution in [1.29, 1.82) is 0 Å². The van der Waals surface area contributed by atoms with Crippen molar-refractivity contribution in [1.82, 2.24) is 29.5 Å². The van der Waals surface area contributed by atoms with Gasteiger partial charge in [0.25, 0.3) is 0 Å². The number of halogens is 1. The number of nitrogens with two attached hydrogens (primary N) is 1. The fraction of sp³-hybridized carbons (Fsp3) is 0.217. The molecule has 8 nitrogen and oxygen atoms in total. The molecule has 5 heterocycles. The standard InChI is InChI=1S/C23H21BrN8S/c24-20-19(14-30-6-8-31(9-7-30)23-26-5-10-33-23)29-22-17(13-28-32(22)21(20)25)16-11-15-3-1-2-4-18(15)27-12-16/h1-5,10-13H,6-9,14,25H2. The maximum Gasteiger partial charge on any atom is 0.185 e. The van der Waals surface area contributed by atoms with Gasteiger partial charge in [-0.05, 0) is 28.1 Å². The molecule has 33 heavy (non-hydrogen) atoms. The van der Waals surface area contributed by atoms with Crippen molar-refractivity contribution in [2.45, 2.75) is 6.54 Å². The van der Waals surface area contributed by atoms with E-state index in [0.29, 0.717) is 12.4 Å². The largest absolute Gasteiger partial charge is 0.383 e. The third-order valence-electron chi connectivity index (χ3n) is 6.03. The number of fused-ring (bicyclic) bond motifs is 2. The van der Waals surface area contributed by atoms with Crippen LogP contribution in [0.5, 0.6) is 0 Å². The number of nitrogens with zero attached hydrogens (tertiary/aromatic N) is 7. The molecule has 0 spiro atoms. The third kappa shape index (κ3) is 3.73. The summed E-state index contributed by atoms with van der Waals surface area (Å²) in [6.45, 7) is 4.50. The molecule has 0 saturated carbocycles. The molecule has 1 aliphatic heterocycles. The van der Waals surface area contributed by atoms with Crippen LogP contribution in [-0.2, 0) is 6.54 Å². The number of hydrogen-bond donors (Lipinski definition) is 1. The smallest absolute Gasteiger partial charge is 0.185 e. The summed E-state index contributed by atoms with van der Waals surface area (Å²) in [6.07, 6.45) is 5.55. The molecule has 1 fully saturated rings. The zero-order valence-corrected chi connectivity index (χ0v) is 20.1. The van der Waals surface area contributed by atoms with Crippen LogP contribution >= 0.6 is 27.3 Å². The highest BCUT2D eigenvalue weighted by Crippen LogP contribution is 2.31. The molecule has 1 aliphatic rings. The van der Waals surface area contributed by atoms with Gasteiger partial charge in [-0.15, -0.1) is 11.3 Å². The molecule has 5 aromatic rings. The highest BCUT2D eigenvalue weighted by atomic mass is 79.9. The normalized spacial score (nSPS) is 15.0. The molecular formula is C23H21BrN8S. The summed E-state index contributed by atoms with van der Waals surface area (Å²) in [4.78, 5) is 18.8. The van der Waals surface area contributed by atoms with Crippen LogP contribution in [0.1, 0.15) is 5.69 Å². The minimum Gasteiger partial charge on any atom is -0.383 e. The Labute approximate surface area is 202 Å². The number of nitrogen functional groups attached to an aromatic ring is 1. The first-order valence-electron chi connectivity index (χ1n) is 10.7. The molecule has 0 amide bonds. The van der Waals surface area contributed by atoms with E-state index in [4.69, 9.17) is 10.7 Å². The second-order valence-corrected chi connectivity index (χ2v) is 9.71. The van der Waals surface area contributed by atoms with Crippen molar-refractivity contribution in [3.8, 4) is 11.1 Å². The first kappa shape index (κ1) is 20.5. The Morgan fingerprint density at radius 1 is 1.06 bits per heavy atom. The van der Waals surface area contributed by atoms with E-state index in [1.807, 2.05) is 42.2 Å². The van der Waals surface area contributed by atoms with E-state index in [9.17, 15) is 0 Å². The molecule has 166 valence electrons. The van der Waals surface area contributed by atoms with E-state index >= 15 is 0 Å². The molecule has 4 aromatic heterocycles. The second kappa shape index (κ2) is 8.36. The number of thiazole rings is 1. The Morgan fingerprint density at radius 3 is 2.73 bits per heavy atom. The van der Waals surface area contributed by atoms with Crippen LogP contribution in [0.4, 0.5) is 10.9 Å². The van der Waals surface area contributed by atoms with E-state index in [-0.39, 0.29) is 0 Å². The fourth-order valence-corrected chi connectivity index (χ4v) is 5.33. The lowest BCUT2D eigenvalue weighted by Gasteiger charge is -2.34. The Morgan fingerprint density at radius 2 is 1.91 bits per heavy atom. The summed E-state index contributed by atoms with van der Waals surface area (Å²) in [6, 6.07) is 10.2. The number of rotatable bonds is 4. The highest BCUT2D eigenvalue weighted by molar-refractivity contribution is 9.10. The first-order valence-corrected chi connectivity index (χ1v) is 12.4. The van der Waals surface area contributed by atoms with Gasteiger partial charge >= 0.3 is 0 Å². The lowest BCUT2D eigenvalue weighted by atomic mass is 10.1. The summed E-state index contributed by atoms with van der Waals surface area (Å²) in [5, 5.41) is 8.70. The molecule has 2 N–H and O–H groups in total. The van der Waals surface area contributed by atoms with Gasteiger partial charge in [-0.1, -0.05) is 18.2 Å². The van der Waals surface area contributed by atoms with Gasteiger partial charge in [-0.2, -0.15) is 9.61 Å². The van der Waals surface area contributed by atoms with E-state index in [1.165, 1.54) is 0 Å². The van der Waals surface area contributed by atoms with Crippen LogP contribution in [0.2, 0.25) is 0 Å². The van der Waals surface area contributed by atoms with Crippen LogP contribution in [0.15, 0.2) is 58.8 Å². The van der Waals surface area contributed by atoms with Crippen LogP contribution in [-0.4, -0.2) is 55.6 Å². The van der Waals surface area contributed by atoms with Crippen molar-refractivity contribution in [2.24, 2.45) is 0 Å². The monoisotopic (exact) mass is 520 g/mol. The zero-order chi connectivity index (χ0) is 22.4. The summed E-state index contributed by atoms with van der Waals surface area (Å²) in [7, 11) is 0. The first-order chi connectivity index (χ1) is 16.2. The van der Waals surface area contributed by atoms with Gasteiger partial charge in [0.15, 0.2) is 10.8 Å². The number of anilines is 2. The van der Waals surface area contributed by atoms with Crippen molar-refractivity contribution < 1.29 is 0 Å². The quantitative estimate of drug-likeness (QED) is 0.382. The Bertz CT molecular complexity index is 1440. The summed E-state index contributed by atoms with van der Waals surface area (Å²) >= 11 is 5.35. The minimum atomic E-state index is 0.552. The van der Waals surface area contributed by atoms with Crippen molar-refractivity contribution in [2.75, 3.05) is 36.8 Å². The number of pyridine rings is 1. The average molecular weight is 521 g/mol. The molecular weight excluding hydrogens is 500 g/mol. The van der Waals surface area contributed by atoms with Crippen LogP contribution in [0.25, 0.3) is 27.7 Å². The second-order valence-electron chi connectivity index (χ2n) is 8.05. The highest BCUT2D eigenvalue weighted by Gasteiger charge is 2.22. The Hall–Kier alpha value is -3.08. The maximum absolute atomic E-state index is 6.46. The molecule has 10 heteroatoms. The fourth-order valence-electron chi connectivity index (χ4n) is 4.25. The number of aromatic nitrogens is 5. The predicted molar refractivity (Wildman–Crippen MR) is 135 cm³/mol. The maximum atomic E-state index is 6.46. The van der Waals surface area contributed by atoms with E-state index < -0.39 is 0 Å². The number of piperazine rings is 1. The number of benzene rings is 1. The summed E-state index contributed by atoms with van der Waals surface area (Å²) in [5.41, 5.74) is 11.0. The number of para-hydroxylation sites is 1. The lowest BCUT2D eigenvalue weighted by Crippen LogP contribution is -2.46. The molecule has 0 atom stereocenters. The van der Waals surface area contributed by atoms with Crippen molar-refractivity contribution in [3.05, 3.63) is 64.5 Å². The summed E-state index contributed by atoms with van der Waals surface area (Å²) < 4.78 is 2.49. The van der Waals surface area contributed by atoms with Gasteiger partial charge in [-0.25, -0.2) is 9.97 Å².